The first-order valence-electron chi connectivity index (χ1n) is 6.27. The average molecular weight is 298 g/mol. The number of benzene rings is 1. The van der Waals surface area contributed by atoms with Crippen molar-refractivity contribution in [2.75, 3.05) is 26.4 Å². The highest BCUT2D eigenvalue weighted by atomic mass is 32.2. The minimum absolute atomic E-state index is 0.180. The van der Waals surface area contributed by atoms with Gasteiger partial charge in [-0.25, -0.2) is 8.42 Å². The molecule has 20 heavy (non-hydrogen) atoms. The summed E-state index contributed by atoms with van der Waals surface area (Å²) >= 11 is 0. The van der Waals surface area contributed by atoms with Crippen LogP contribution in [0.2, 0.25) is 0 Å². The van der Waals surface area contributed by atoms with E-state index in [1.165, 1.54) is 29.2 Å². The number of carbonyl (C=O) groups is 1. The molecule has 0 radical (unpaired) electrons. The summed E-state index contributed by atoms with van der Waals surface area (Å²) in [6.07, 6.45) is 0.538. The Morgan fingerprint density at radius 2 is 1.90 bits per heavy atom. The molecular formula is C13H18N2O4S. The van der Waals surface area contributed by atoms with Gasteiger partial charge >= 0.3 is 0 Å². The maximum Gasteiger partial charge on any atom is 0.253 e. The van der Waals surface area contributed by atoms with Crippen LogP contribution in [0.3, 0.4) is 0 Å². The van der Waals surface area contributed by atoms with Gasteiger partial charge in [0.15, 0.2) is 9.84 Å². The van der Waals surface area contributed by atoms with Gasteiger partial charge in [0, 0.05) is 32.0 Å². The molecule has 0 spiro atoms. The predicted molar refractivity (Wildman–Crippen MR) is 74.3 cm³/mol. The van der Waals surface area contributed by atoms with Crippen LogP contribution < -0.4 is 5.32 Å². The molecule has 2 N–H and O–H groups in total. The van der Waals surface area contributed by atoms with Crippen molar-refractivity contribution in [2.45, 2.75) is 17.0 Å². The van der Waals surface area contributed by atoms with E-state index in [1.807, 2.05) is 0 Å². The molecule has 1 fully saturated rings. The van der Waals surface area contributed by atoms with Gasteiger partial charge in [-0.1, -0.05) is 0 Å². The van der Waals surface area contributed by atoms with Gasteiger partial charge in [-0.05, 0) is 24.3 Å². The van der Waals surface area contributed by atoms with E-state index in [0.29, 0.717) is 18.7 Å². The number of hydrogen-bond donors (Lipinski definition) is 2. The fourth-order valence-corrected chi connectivity index (χ4v) is 2.88. The number of aliphatic hydroxyl groups excluding tert-OH is 1. The molecule has 110 valence electrons. The Morgan fingerprint density at radius 3 is 2.35 bits per heavy atom. The lowest BCUT2D eigenvalue weighted by Crippen LogP contribution is -2.44. The highest BCUT2D eigenvalue weighted by Crippen LogP contribution is 2.15. The van der Waals surface area contributed by atoms with E-state index in [1.54, 1.807) is 7.05 Å². The Morgan fingerprint density at radius 1 is 1.30 bits per heavy atom. The van der Waals surface area contributed by atoms with Crippen LogP contribution in [0.4, 0.5) is 0 Å². The third-order valence-electron chi connectivity index (χ3n) is 3.50. The molecule has 1 amide bonds. The van der Waals surface area contributed by atoms with Crippen LogP contribution in [0.15, 0.2) is 29.2 Å². The van der Waals surface area contributed by atoms with Crippen LogP contribution in [0.1, 0.15) is 10.4 Å². The van der Waals surface area contributed by atoms with Crippen molar-refractivity contribution >= 4 is 15.7 Å². The lowest BCUT2D eigenvalue weighted by Gasteiger charge is -2.26. The van der Waals surface area contributed by atoms with E-state index >= 15 is 0 Å². The maximum atomic E-state index is 12.3. The number of carbonyl (C=O) groups excluding carboxylic acids is 1. The molecule has 0 saturated carbocycles. The van der Waals surface area contributed by atoms with Gasteiger partial charge in [0.2, 0.25) is 0 Å². The smallest absolute Gasteiger partial charge is 0.253 e. The van der Waals surface area contributed by atoms with Crippen LogP contribution in [-0.2, 0) is 9.84 Å². The average Bonchev–Trinajstić information content (AvgIpc) is 2.82. The lowest BCUT2D eigenvalue weighted by molar-refractivity contribution is 0.0581. The van der Waals surface area contributed by atoms with Gasteiger partial charge in [-0.3, -0.25) is 4.79 Å². The molecule has 0 bridgehead atoms. The zero-order valence-electron chi connectivity index (χ0n) is 11.4. The second kappa shape index (κ2) is 5.51. The molecule has 0 unspecified atom stereocenters. The molecule has 2 atom stereocenters. The van der Waals surface area contributed by atoms with Crippen molar-refractivity contribution < 1.29 is 18.3 Å². The highest BCUT2D eigenvalue weighted by Gasteiger charge is 2.31. The summed E-state index contributed by atoms with van der Waals surface area (Å²) in [5, 5.41) is 12.8. The van der Waals surface area contributed by atoms with E-state index in [4.69, 9.17) is 0 Å². The minimum atomic E-state index is -3.26. The number of β-amino-alcohol motifs (C(OH)–C–C–N with tert-alkyl or cyclic N) is 1. The van der Waals surface area contributed by atoms with Crippen LogP contribution >= 0.6 is 0 Å². The van der Waals surface area contributed by atoms with E-state index < -0.39 is 15.9 Å². The molecule has 7 heteroatoms. The highest BCUT2D eigenvalue weighted by molar-refractivity contribution is 7.90. The van der Waals surface area contributed by atoms with Gasteiger partial charge in [0.25, 0.3) is 5.91 Å². The molecule has 1 aliphatic rings. The molecular weight excluding hydrogens is 280 g/mol. The van der Waals surface area contributed by atoms with Gasteiger partial charge in [0.1, 0.15) is 0 Å². The van der Waals surface area contributed by atoms with Crippen LogP contribution in [0.25, 0.3) is 0 Å². The monoisotopic (exact) mass is 298 g/mol. The summed E-state index contributed by atoms with van der Waals surface area (Å²) in [4.78, 5) is 13.9. The Bertz CT molecular complexity index is 597. The first-order valence-corrected chi connectivity index (χ1v) is 8.16. The number of hydrogen-bond acceptors (Lipinski definition) is 5. The summed E-state index contributed by atoms with van der Waals surface area (Å²) in [5.41, 5.74) is 0.402. The Kier molecular flexibility index (Phi) is 4.12. The van der Waals surface area contributed by atoms with E-state index in [0.717, 1.165) is 6.26 Å². The molecule has 1 heterocycles. The number of nitrogens with one attached hydrogen (secondary N) is 1. The first kappa shape index (κ1) is 15.0. The third kappa shape index (κ3) is 3.00. The summed E-state index contributed by atoms with van der Waals surface area (Å²) < 4.78 is 22.7. The molecule has 2 rings (SSSR count). The normalized spacial score (nSPS) is 22.8. The largest absolute Gasteiger partial charge is 0.390 e. The zero-order valence-corrected chi connectivity index (χ0v) is 12.2. The fraction of sp³-hybridized carbons (Fsp3) is 0.462. The van der Waals surface area contributed by atoms with Crippen molar-refractivity contribution in [1.82, 2.24) is 10.2 Å². The molecule has 0 aromatic heterocycles. The fourth-order valence-electron chi connectivity index (χ4n) is 2.25. The number of rotatable bonds is 3. The molecule has 6 nitrogen and oxygen atoms in total. The van der Waals surface area contributed by atoms with E-state index in [-0.39, 0.29) is 16.8 Å². The molecule has 0 aliphatic carbocycles. The van der Waals surface area contributed by atoms with Crippen molar-refractivity contribution in [3.63, 3.8) is 0 Å². The lowest BCUT2D eigenvalue weighted by atomic mass is 10.1. The predicted octanol–water partition coefficient (Wildman–Crippen LogP) is -0.505. The summed E-state index contributed by atoms with van der Waals surface area (Å²) in [6.45, 7) is 1.01. The SMILES string of the molecule is CN(C(=O)c1ccc(S(C)(=O)=O)cc1)[C@H]1CNC[C@@H]1O. The zero-order chi connectivity index (χ0) is 14.9. The third-order valence-corrected chi connectivity index (χ3v) is 4.63. The van der Waals surface area contributed by atoms with Gasteiger partial charge in [-0.2, -0.15) is 0 Å². The number of nitrogens with zero attached hydrogens (tertiary/aromatic N) is 1. The van der Waals surface area contributed by atoms with Crippen LogP contribution in [0.5, 0.6) is 0 Å². The Balaban J connectivity index is 2.17. The second-order valence-electron chi connectivity index (χ2n) is 5.01. The summed E-state index contributed by atoms with van der Waals surface area (Å²) in [6, 6.07) is 5.55. The quantitative estimate of drug-likeness (QED) is 0.785. The molecule has 1 aromatic carbocycles. The Labute approximate surface area is 118 Å². The van der Waals surface area contributed by atoms with Gasteiger partial charge < -0.3 is 15.3 Å². The maximum absolute atomic E-state index is 12.3. The van der Waals surface area contributed by atoms with Crippen LogP contribution in [-0.4, -0.2) is 62.9 Å². The van der Waals surface area contributed by atoms with E-state index in [2.05, 4.69) is 5.32 Å². The standard InChI is InChI=1S/C13H18N2O4S/c1-15(11-7-14-8-12(11)16)13(17)9-3-5-10(6-4-9)20(2,18)19/h3-6,11-12,14,16H,7-8H2,1-2H3/t11-,12-/m0/s1. The van der Waals surface area contributed by atoms with Gasteiger partial charge in [0.05, 0.1) is 17.0 Å². The second-order valence-corrected chi connectivity index (χ2v) is 7.02. The van der Waals surface area contributed by atoms with Crippen molar-refractivity contribution in [2.24, 2.45) is 0 Å². The van der Waals surface area contributed by atoms with Crippen molar-refractivity contribution in [3.05, 3.63) is 29.8 Å². The number of amides is 1. The van der Waals surface area contributed by atoms with Crippen molar-refractivity contribution in [1.29, 1.82) is 0 Å². The number of likely N-dealkylation sites (N-methyl/N-ethyl adjacent to an activating group) is 1. The topological polar surface area (TPSA) is 86.7 Å². The summed E-state index contributed by atoms with van der Waals surface area (Å²) in [5.74, 6) is -0.238. The Hall–Kier alpha value is -1.44. The first-order chi connectivity index (χ1) is 9.30. The number of sulfone groups is 1. The van der Waals surface area contributed by atoms with Gasteiger partial charge in [-0.15, -0.1) is 0 Å². The summed E-state index contributed by atoms with van der Waals surface area (Å²) in [7, 11) is -1.63. The molecule has 1 aliphatic heterocycles. The molecule has 1 saturated heterocycles. The molecule has 1 aromatic rings. The van der Waals surface area contributed by atoms with E-state index in [9.17, 15) is 18.3 Å². The minimum Gasteiger partial charge on any atom is -0.390 e. The van der Waals surface area contributed by atoms with Crippen molar-refractivity contribution in [3.8, 4) is 0 Å². The number of aliphatic hydroxyl groups is 1. The van der Waals surface area contributed by atoms with Crippen LogP contribution in [0, 0.1) is 0 Å².